The van der Waals surface area contributed by atoms with Gasteiger partial charge in [-0.05, 0) is 47.7 Å². The van der Waals surface area contributed by atoms with Crippen molar-refractivity contribution in [2.45, 2.75) is 38.6 Å². The van der Waals surface area contributed by atoms with Gasteiger partial charge in [-0.2, -0.15) is 4.39 Å². The van der Waals surface area contributed by atoms with E-state index in [4.69, 9.17) is 21.1 Å². The van der Waals surface area contributed by atoms with Gasteiger partial charge in [-0.3, -0.25) is 14.4 Å². The van der Waals surface area contributed by atoms with Gasteiger partial charge >= 0.3 is 12.0 Å². The van der Waals surface area contributed by atoms with Gasteiger partial charge in [-0.1, -0.05) is 24.6 Å². The molecular weight excluding hydrogens is 441 g/mol. The summed E-state index contributed by atoms with van der Waals surface area (Å²) in [7, 11) is 0. The zero-order valence-corrected chi connectivity index (χ0v) is 18.1. The fourth-order valence-electron chi connectivity index (χ4n) is 4.38. The number of hydrogen-bond donors (Lipinski definition) is 1. The van der Waals surface area contributed by atoms with Crippen LogP contribution in [0.25, 0.3) is 0 Å². The highest BCUT2D eigenvalue weighted by Crippen LogP contribution is 2.44. The lowest BCUT2D eigenvalue weighted by Gasteiger charge is -2.39. The summed E-state index contributed by atoms with van der Waals surface area (Å²) in [4.78, 5) is 41.3. The molecule has 0 amide bonds. The first kappa shape index (κ1) is 22.2. The van der Waals surface area contributed by atoms with Crippen molar-refractivity contribution in [3.05, 3.63) is 52.8 Å². The maximum absolute atomic E-state index is 13.9. The number of rotatable bonds is 7. The molecule has 4 rings (SSSR count). The first-order valence-electron chi connectivity index (χ1n) is 10.2. The van der Waals surface area contributed by atoms with Crippen LogP contribution in [0.15, 0.2) is 36.5 Å². The SMILES string of the molecule is C[C@@H](CC(=O)C1C(=O)[C@H](Cc2ccnc(Cl)c2)[C@H]1C(=O)O)c1ccc2c(c1)OC(C)(F)O2. The maximum Gasteiger partial charge on any atom is 0.404 e. The van der Waals surface area contributed by atoms with E-state index in [1.807, 2.05) is 0 Å². The molecule has 1 saturated carbocycles. The topological polar surface area (TPSA) is 103 Å². The molecular formula is C23H21ClFNO6. The molecule has 0 radical (unpaired) electrons. The first-order valence-corrected chi connectivity index (χ1v) is 10.5. The van der Waals surface area contributed by atoms with E-state index in [0.717, 1.165) is 6.92 Å². The second-order valence-electron chi connectivity index (χ2n) is 8.36. The Morgan fingerprint density at radius 3 is 2.66 bits per heavy atom. The Morgan fingerprint density at radius 2 is 1.97 bits per heavy atom. The van der Waals surface area contributed by atoms with Gasteiger partial charge in [-0.25, -0.2) is 4.98 Å². The van der Waals surface area contributed by atoms with Gasteiger partial charge < -0.3 is 14.6 Å². The molecule has 7 nitrogen and oxygen atoms in total. The molecule has 0 spiro atoms. The van der Waals surface area contributed by atoms with Crippen LogP contribution < -0.4 is 9.47 Å². The Kier molecular flexibility index (Phi) is 5.67. The summed E-state index contributed by atoms with van der Waals surface area (Å²) in [6.07, 6.45) is 1.64. The molecule has 0 bridgehead atoms. The van der Waals surface area contributed by atoms with E-state index in [-0.39, 0.29) is 41.2 Å². The molecule has 32 heavy (non-hydrogen) atoms. The number of carboxylic acid groups (broad SMARTS) is 1. The number of carboxylic acids is 1. The largest absolute Gasteiger partial charge is 0.481 e. The smallest absolute Gasteiger partial charge is 0.404 e. The van der Waals surface area contributed by atoms with Gasteiger partial charge in [0.05, 0.1) is 11.8 Å². The molecule has 2 heterocycles. The summed E-state index contributed by atoms with van der Waals surface area (Å²) in [5, 5.41) is 9.92. The maximum atomic E-state index is 13.9. The lowest BCUT2D eigenvalue weighted by atomic mass is 9.59. The molecule has 9 heteroatoms. The number of pyridine rings is 1. The second kappa shape index (κ2) is 8.16. The molecule has 1 N–H and O–H groups in total. The fraction of sp³-hybridized carbons (Fsp3) is 0.391. The van der Waals surface area contributed by atoms with E-state index in [9.17, 15) is 23.9 Å². The van der Waals surface area contributed by atoms with Crippen LogP contribution in [-0.4, -0.2) is 33.7 Å². The quantitative estimate of drug-likeness (QED) is 0.491. The molecule has 1 fully saturated rings. The number of carbonyl (C=O) groups excluding carboxylic acids is 2. The predicted octanol–water partition coefficient (Wildman–Crippen LogP) is 3.97. The van der Waals surface area contributed by atoms with E-state index in [1.165, 1.54) is 6.20 Å². The van der Waals surface area contributed by atoms with Crippen LogP contribution in [-0.2, 0) is 20.8 Å². The highest BCUT2D eigenvalue weighted by Gasteiger charge is 2.56. The number of hydrogen-bond acceptors (Lipinski definition) is 6. The molecule has 1 aliphatic heterocycles. The molecule has 2 aromatic rings. The van der Waals surface area contributed by atoms with E-state index in [0.29, 0.717) is 11.1 Å². The van der Waals surface area contributed by atoms with Crippen molar-refractivity contribution in [1.82, 2.24) is 4.98 Å². The fourth-order valence-corrected chi connectivity index (χ4v) is 4.57. The molecule has 5 atom stereocenters. The number of aliphatic carboxylic acids is 1. The number of nitrogens with zero attached hydrogens (tertiary/aromatic N) is 1. The van der Waals surface area contributed by atoms with Crippen LogP contribution in [0.2, 0.25) is 5.15 Å². The lowest BCUT2D eigenvalue weighted by Crippen LogP contribution is -2.55. The minimum atomic E-state index is -2.25. The van der Waals surface area contributed by atoms with Crippen LogP contribution in [0.4, 0.5) is 4.39 Å². The van der Waals surface area contributed by atoms with Crippen LogP contribution in [0.1, 0.15) is 37.3 Å². The molecule has 1 aromatic carbocycles. The van der Waals surface area contributed by atoms with E-state index < -0.39 is 35.5 Å². The number of aromatic nitrogens is 1. The number of ketones is 2. The number of fused-ring (bicyclic) bond motifs is 1. The van der Waals surface area contributed by atoms with Crippen molar-refractivity contribution in [3.63, 3.8) is 0 Å². The summed E-state index contributed by atoms with van der Waals surface area (Å²) in [6.45, 7) is 2.92. The first-order chi connectivity index (χ1) is 15.1. The van der Waals surface area contributed by atoms with Crippen LogP contribution >= 0.6 is 11.6 Å². The van der Waals surface area contributed by atoms with Crippen LogP contribution in [0.5, 0.6) is 11.5 Å². The summed E-state index contributed by atoms with van der Waals surface area (Å²) >= 11 is 5.87. The number of Topliss-reactive ketones (excluding diaryl/α,β-unsaturated/α-hetero) is 2. The van der Waals surface area contributed by atoms with Gasteiger partial charge in [0.15, 0.2) is 11.5 Å². The summed E-state index contributed by atoms with van der Waals surface area (Å²) in [5.41, 5.74) is 1.38. The highest BCUT2D eigenvalue weighted by atomic mass is 35.5. The standard InChI is InChI=1S/C23H21ClFNO6/c1-11(13-3-4-16-17(10-13)32-23(2,25)31-16)7-15(27)20-19(22(29)30)14(21(20)28)8-12-5-6-26-18(24)9-12/h3-6,9-11,14,19-20H,7-8H2,1-2H3,(H,29,30)/t11-,14+,19+,20?,23?/m0/s1. The van der Waals surface area contributed by atoms with Crippen molar-refractivity contribution >= 4 is 29.1 Å². The van der Waals surface area contributed by atoms with Crippen LogP contribution in [0.3, 0.4) is 0 Å². The van der Waals surface area contributed by atoms with Crippen molar-refractivity contribution in [1.29, 1.82) is 0 Å². The molecule has 2 aliphatic rings. The second-order valence-corrected chi connectivity index (χ2v) is 8.75. The highest BCUT2D eigenvalue weighted by molar-refractivity contribution is 6.29. The number of carbonyl (C=O) groups is 3. The summed E-state index contributed by atoms with van der Waals surface area (Å²) in [5.74, 6) is -4.87. The monoisotopic (exact) mass is 461 g/mol. The zero-order chi connectivity index (χ0) is 23.2. The van der Waals surface area contributed by atoms with Crippen molar-refractivity contribution in [2.24, 2.45) is 17.8 Å². The average molecular weight is 462 g/mol. The van der Waals surface area contributed by atoms with Gasteiger partial charge in [0.25, 0.3) is 0 Å². The minimum Gasteiger partial charge on any atom is -0.481 e. The van der Waals surface area contributed by atoms with Crippen molar-refractivity contribution in [3.8, 4) is 11.5 Å². The Labute approximate surface area is 188 Å². The third-order valence-electron chi connectivity index (χ3n) is 5.97. The van der Waals surface area contributed by atoms with Gasteiger partial charge in [0.2, 0.25) is 0 Å². The number of ether oxygens (including phenoxy) is 2. The molecule has 1 aromatic heterocycles. The Bertz CT molecular complexity index is 1100. The Morgan fingerprint density at radius 1 is 1.25 bits per heavy atom. The van der Waals surface area contributed by atoms with Gasteiger partial charge in [0.1, 0.15) is 16.7 Å². The number of benzene rings is 1. The third kappa shape index (κ3) is 4.19. The molecule has 0 saturated heterocycles. The van der Waals surface area contributed by atoms with Gasteiger partial charge in [-0.15, -0.1) is 0 Å². The third-order valence-corrected chi connectivity index (χ3v) is 6.18. The van der Waals surface area contributed by atoms with Crippen molar-refractivity contribution < 1.29 is 33.4 Å². The lowest BCUT2D eigenvalue weighted by molar-refractivity contribution is -0.173. The number of alkyl halides is 1. The average Bonchev–Trinajstić information content (AvgIpc) is 3.02. The van der Waals surface area contributed by atoms with E-state index in [1.54, 1.807) is 37.3 Å². The Hall–Kier alpha value is -3.00. The minimum absolute atomic E-state index is 0.0273. The molecule has 1 aliphatic carbocycles. The van der Waals surface area contributed by atoms with E-state index >= 15 is 0 Å². The van der Waals surface area contributed by atoms with Crippen molar-refractivity contribution in [2.75, 3.05) is 0 Å². The predicted molar refractivity (Wildman–Crippen MR) is 111 cm³/mol. The van der Waals surface area contributed by atoms with Crippen LogP contribution in [0, 0.1) is 17.8 Å². The normalized spacial score (nSPS) is 27.0. The Balaban J connectivity index is 1.45. The summed E-state index contributed by atoms with van der Waals surface area (Å²) < 4.78 is 24.0. The number of halogens is 2. The van der Waals surface area contributed by atoms with E-state index in [2.05, 4.69) is 4.98 Å². The molecule has 2 unspecified atom stereocenters. The summed E-state index contributed by atoms with van der Waals surface area (Å²) in [6, 6.07) is 5.83. The molecule has 168 valence electrons. The zero-order valence-electron chi connectivity index (χ0n) is 17.4. The van der Waals surface area contributed by atoms with Gasteiger partial charge in [0, 0.05) is 25.5 Å².